The molecule has 0 saturated carbocycles. The lowest BCUT2D eigenvalue weighted by Crippen LogP contribution is -2.56. The van der Waals surface area contributed by atoms with E-state index in [1.165, 1.54) is 17.0 Å². The van der Waals surface area contributed by atoms with Gasteiger partial charge in [-0.15, -0.1) is 11.3 Å². The van der Waals surface area contributed by atoms with Crippen LogP contribution in [0.1, 0.15) is 24.5 Å². The quantitative estimate of drug-likeness (QED) is 0.651. The van der Waals surface area contributed by atoms with Crippen LogP contribution < -0.4 is 10.6 Å². The third kappa shape index (κ3) is 3.87. The molecule has 4 unspecified atom stereocenters. The highest BCUT2D eigenvalue weighted by Gasteiger charge is 2.41. The fourth-order valence-electron chi connectivity index (χ4n) is 4.97. The smallest absolute Gasteiger partial charge is 0.319 e. The highest BCUT2D eigenvalue weighted by molar-refractivity contribution is 7.13. The lowest BCUT2D eigenvalue weighted by Gasteiger charge is -2.49. The average Bonchev–Trinajstić information content (AvgIpc) is 3.43. The summed E-state index contributed by atoms with van der Waals surface area (Å²) in [6.45, 7) is 2.85. The zero-order chi connectivity index (χ0) is 20.5. The molecular weight excluding hydrogens is 394 g/mol. The van der Waals surface area contributed by atoms with Gasteiger partial charge in [-0.05, 0) is 54.9 Å². The van der Waals surface area contributed by atoms with Crippen LogP contribution in [0.25, 0.3) is 10.6 Å². The van der Waals surface area contributed by atoms with E-state index >= 15 is 0 Å². The van der Waals surface area contributed by atoms with Crippen molar-refractivity contribution in [3.8, 4) is 10.6 Å². The summed E-state index contributed by atoms with van der Waals surface area (Å²) in [5, 5.41) is 12.8. The van der Waals surface area contributed by atoms with E-state index < -0.39 is 0 Å². The van der Waals surface area contributed by atoms with Crippen molar-refractivity contribution >= 4 is 23.1 Å². The third-order valence-electron chi connectivity index (χ3n) is 6.48. The van der Waals surface area contributed by atoms with Crippen LogP contribution in [0.4, 0.5) is 10.5 Å². The molecule has 3 saturated heterocycles. The number of thiophene rings is 1. The van der Waals surface area contributed by atoms with Crippen LogP contribution in [0, 0.1) is 5.92 Å². The maximum absolute atomic E-state index is 12.3. The Morgan fingerprint density at radius 3 is 2.83 bits per heavy atom. The molecule has 2 bridgehead atoms. The highest BCUT2D eigenvalue weighted by Crippen LogP contribution is 2.42. The van der Waals surface area contributed by atoms with Gasteiger partial charge < -0.3 is 10.6 Å². The number of piperidine rings is 3. The maximum atomic E-state index is 12.3. The number of anilines is 1. The van der Waals surface area contributed by atoms with E-state index in [1.54, 1.807) is 11.3 Å². The summed E-state index contributed by atoms with van der Waals surface area (Å²) < 4.78 is 2.07. The van der Waals surface area contributed by atoms with Crippen molar-refractivity contribution in [3.63, 3.8) is 0 Å². The molecule has 156 valence electrons. The van der Waals surface area contributed by atoms with Gasteiger partial charge in [0, 0.05) is 43.5 Å². The van der Waals surface area contributed by atoms with Gasteiger partial charge in [-0.1, -0.05) is 24.3 Å². The Bertz CT molecular complexity index is 1000. The summed E-state index contributed by atoms with van der Waals surface area (Å²) in [4.78, 5) is 16.0. The standard InChI is InChI=1S/C23H27N5OS/c1-27-21(13-20(26-27)22-8-5-11-30-22)19-15-28-10-9-16(19)12-18(28)14-24-23(29)25-17-6-3-2-4-7-17/h2-8,11,13,16,18-19H,9-10,12,14-15H2,1H3,(H2,24,25,29). The Kier molecular flexibility index (Phi) is 5.31. The molecule has 6 nitrogen and oxygen atoms in total. The van der Waals surface area contributed by atoms with E-state index in [9.17, 15) is 4.79 Å². The largest absolute Gasteiger partial charge is 0.336 e. The summed E-state index contributed by atoms with van der Waals surface area (Å²) in [6.07, 6.45) is 2.34. The zero-order valence-corrected chi connectivity index (χ0v) is 17.9. The molecule has 2 N–H and O–H groups in total. The number of amides is 2. The first kappa shape index (κ1) is 19.3. The number of aryl methyl sites for hydroxylation is 1. The second kappa shape index (κ2) is 8.24. The summed E-state index contributed by atoms with van der Waals surface area (Å²) in [7, 11) is 2.07. The van der Waals surface area contributed by atoms with Gasteiger partial charge in [-0.25, -0.2) is 4.79 Å². The predicted molar refractivity (Wildman–Crippen MR) is 121 cm³/mol. The molecule has 0 aliphatic carbocycles. The lowest BCUT2D eigenvalue weighted by atomic mass is 9.74. The van der Waals surface area contributed by atoms with Gasteiger partial charge in [0.2, 0.25) is 0 Å². The Morgan fingerprint density at radius 2 is 2.10 bits per heavy atom. The van der Waals surface area contributed by atoms with Crippen LogP contribution in [0.3, 0.4) is 0 Å². The molecule has 3 aliphatic rings. The van der Waals surface area contributed by atoms with Crippen molar-refractivity contribution in [1.29, 1.82) is 0 Å². The van der Waals surface area contributed by atoms with Gasteiger partial charge in [0.25, 0.3) is 0 Å². The molecular formula is C23H27N5OS. The van der Waals surface area contributed by atoms with Gasteiger partial charge in [-0.3, -0.25) is 9.58 Å². The normalized spacial score (nSPS) is 25.2. The van der Waals surface area contributed by atoms with Crippen LogP contribution in [0.5, 0.6) is 0 Å². The monoisotopic (exact) mass is 421 g/mol. The van der Waals surface area contributed by atoms with E-state index in [0.717, 1.165) is 30.9 Å². The van der Waals surface area contributed by atoms with E-state index in [2.05, 4.69) is 50.8 Å². The maximum Gasteiger partial charge on any atom is 0.319 e. The number of carbonyl (C=O) groups excluding carboxylic acids is 1. The molecule has 3 aliphatic heterocycles. The molecule has 0 spiro atoms. The van der Waals surface area contributed by atoms with Crippen molar-refractivity contribution in [2.45, 2.75) is 24.8 Å². The van der Waals surface area contributed by atoms with Gasteiger partial charge in [0.05, 0.1) is 4.88 Å². The molecule has 7 heteroatoms. The molecule has 0 radical (unpaired) electrons. The summed E-state index contributed by atoms with van der Waals surface area (Å²) in [5.74, 6) is 1.16. The summed E-state index contributed by atoms with van der Waals surface area (Å²) in [6, 6.07) is 16.3. The number of para-hydroxylation sites is 1. The first-order valence-electron chi connectivity index (χ1n) is 10.6. The molecule has 6 rings (SSSR count). The Hall–Kier alpha value is -2.64. The lowest BCUT2D eigenvalue weighted by molar-refractivity contribution is 0.0296. The van der Waals surface area contributed by atoms with E-state index in [0.29, 0.717) is 24.4 Å². The molecule has 3 fully saturated rings. The number of hydrogen-bond acceptors (Lipinski definition) is 4. The highest BCUT2D eigenvalue weighted by atomic mass is 32.1. The van der Waals surface area contributed by atoms with Crippen molar-refractivity contribution in [2.24, 2.45) is 13.0 Å². The van der Waals surface area contributed by atoms with Gasteiger partial charge >= 0.3 is 6.03 Å². The molecule has 4 atom stereocenters. The number of fused-ring (bicyclic) bond motifs is 3. The van der Waals surface area contributed by atoms with Gasteiger partial charge in [0.15, 0.2) is 0 Å². The van der Waals surface area contributed by atoms with Crippen LogP contribution >= 0.6 is 11.3 Å². The van der Waals surface area contributed by atoms with Crippen LogP contribution in [-0.2, 0) is 7.05 Å². The number of aromatic nitrogens is 2. The number of rotatable bonds is 5. The Balaban J connectivity index is 1.21. The van der Waals surface area contributed by atoms with E-state index in [1.807, 2.05) is 30.3 Å². The van der Waals surface area contributed by atoms with Gasteiger partial charge in [-0.2, -0.15) is 5.10 Å². The number of urea groups is 1. The molecule has 2 amide bonds. The molecule has 2 aromatic heterocycles. The fourth-order valence-corrected chi connectivity index (χ4v) is 5.65. The second-order valence-electron chi connectivity index (χ2n) is 8.30. The number of hydrogen-bond donors (Lipinski definition) is 2. The number of nitrogens with one attached hydrogen (secondary N) is 2. The Labute approximate surface area is 180 Å². The first-order valence-corrected chi connectivity index (χ1v) is 11.5. The van der Waals surface area contributed by atoms with Crippen molar-refractivity contribution in [3.05, 3.63) is 59.6 Å². The molecule has 3 aromatic rings. The average molecular weight is 422 g/mol. The third-order valence-corrected chi connectivity index (χ3v) is 7.37. The fraction of sp³-hybridized carbons (Fsp3) is 0.391. The predicted octanol–water partition coefficient (Wildman–Crippen LogP) is 4.15. The molecule has 5 heterocycles. The topological polar surface area (TPSA) is 62.2 Å². The summed E-state index contributed by atoms with van der Waals surface area (Å²) in [5.41, 5.74) is 3.23. The minimum atomic E-state index is -0.132. The van der Waals surface area contributed by atoms with Crippen LogP contribution in [0.2, 0.25) is 0 Å². The van der Waals surface area contributed by atoms with Crippen LogP contribution in [-0.4, -0.2) is 46.4 Å². The van der Waals surface area contributed by atoms with Gasteiger partial charge in [0.1, 0.15) is 5.69 Å². The second-order valence-corrected chi connectivity index (χ2v) is 9.24. The van der Waals surface area contributed by atoms with Crippen molar-refractivity contribution in [1.82, 2.24) is 20.0 Å². The van der Waals surface area contributed by atoms with Crippen LogP contribution in [0.15, 0.2) is 53.9 Å². The molecule has 1 aromatic carbocycles. The number of nitrogens with zero attached hydrogens (tertiary/aromatic N) is 3. The van der Waals surface area contributed by atoms with E-state index in [-0.39, 0.29) is 6.03 Å². The Morgan fingerprint density at radius 1 is 1.23 bits per heavy atom. The SMILES string of the molecule is Cn1nc(-c2cccs2)cc1C1CN2CCC1CC2CNC(=O)Nc1ccccc1. The first-order chi connectivity index (χ1) is 14.7. The number of benzene rings is 1. The minimum absolute atomic E-state index is 0.132. The van der Waals surface area contributed by atoms with E-state index in [4.69, 9.17) is 5.10 Å². The molecule has 30 heavy (non-hydrogen) atoms. The summed E-state index contributed by atoms with van der Waals surface area (Å²) >= 11 is 1.74. The van der Waals surface area contributed by atoms with Crippen molar-refractivity contribution < 1.29 is 4.79 Å². The van der Waals surface area contributed by atoms with Crippen molar-refractivity contribution in [2.75, 3.05) is 25.0 Å². The number of carbonyl (C=O) groups is 1. The zero-order valence-electron chi connectivity index (χ0n) is 17.1. The minimum Gasteiger partial charge on any atom is -0.336 e.